The number of nitrogens with zero attached hydrogens (tertiary/aromatic N) is 1. The van der Waals surface area contributed by atoms with Gasteiger partial charge in [0.25, 0.3) is 0 Å². The molecule has 2 N–H and O–H groups in total. The van der Waals surface area contributed by atoms with Gasteiger partial charge in [0.1, 0.15) is 0 Å². The maximum atomic E-state index is 13.0. The Hall–Kier alpha value is -2.61. The van der Waals surface area contributed by atoms with Crippen LogP contribution in [-0.2, 0) is 23.8 Å². The van der Waals surface area contributed by atoms with E-state index in [-0.39, 0.29) is 13.2 Å². The van der Waals surface area contributed by atoms with E-state index in [0.29, 0.717) is 40.7 Å². The van der Waals surface area contributed by atoms with Gasteiger partial charge in [-0.05, 0) is 25.5 Å². The van der Waals surface area contributed by atoms with Gasteiger partial charge in [-0.25, -0.2) is 9.59 Å². The molecule has 1 atom stereocenters. The first kappa shape index (κ1) is 24.7. The molecule has 0 spiro atoms. The summed E-state index contributed by atoms with van der Waals surface area (Å²) in [6.07, 6.45) is 3.55. The first-order chi connectivity index (χ1) is 14.9. The van der Waals surface area contributed by atoms with Crippen molar-refractivity contribution in [2.45, 2.75) is 13.8 Å². The topological polar surface area (TPSA) is 91.1 Å². The molecule has 168 valence electrons. The molecule has 1 aliphatic heterocycles. The number of carbonyl (C=O) groups is 2. The summed E-state index contributed by atoms with van der Waals surface area (Å²) in [5, 5.41) is 0.556. The molecule has 2 rings (SSSR count). The van der Waals surface area contributed by atoms with Crippen molar-refractivity contribution in [2.24, 2.45) is 11.7 Å². The second kappa shape index (κ2) is 11.7. The third-order valence-electron chi connectivity index (χ3n) is 5.01. The molecule has 0 fully saturated rings. The minimum atomic E-state index is -0.699. The van der Waals surface area contributed by atoms with Crippen molar-refractivity contribution >= 4 is 29.6 Å². The number of esters is 2. The highest BCUT2D eigenvalue weighted by molar-refractivity contribution is 6.32. The Balaban J connectivity index is 2.65. The van der Waals surface area contributed by atoms with Crippen LogP contribution in [0.3, 0.4) is 0 Å². The lowest BCUT2D eigenvalue weighted by molar-refractivity contribution is -0.139. The second-order valence-corrected chi connectivity index (χ2v) is 7.24. The summed E-state index contributed by atoms with van der Waals surface area (Å²) in [7, 11) is 3.08. The molecule has 1 aliphatic rings. The summed E-state index contributed by atoms with van der Waals surface area (Å²) in [6.45, 7) is 4.55. The van der Waals surface area contributed by atoms with Crippen LogP contribution >= 0.6 is 11.6 Å². The van der Waals surface area contributed by atoms with Crippen LogP contribution in [-0.4, -0.2) is 57.4 Å². The third-order valence-corrected chi connectivity index (χ3v) is 5.35. The number of hydrogen-bond acceptors (Lipinski definition) is 7. The van der Waals surface area contributed by atoms with Crippen LogP contribution in [0.1, 0.15) is 19.4 Å². The number of benzene rings is 1. The number of nitrogens with two attached hydrogens (primary N) is 1. The standard InChI is InChI=1S/C23H29ClN2O5/c1-5-31-23(28)21-17(11-10-16-8-6-7-9-18(16)24)20(22(27)29-4)15(2)26(3)19(21)14-30-13-12-25/h6-11,17H,5,12-14,25H2,1-4H3/b11-10+. The fourth-order valence-electron chi connectivity index (χ4n) is 3.38. The molecule has 31 heavy (non-hydrogen) atoms. The highest BCUT2D eigenvalue weighted by Gasteiger charge is 2.38. The van der Waals surface area contributed by atoms with Gasteiger partial charge >= 0.3 is 11.9 Å². The molecule has 0 radical (unpaired) electrons. The van der Waals surface area contributed by atoms with Gasteiger partial charge in [-0.1, -0.05) is 42.0 Å². The van der Waals surface area contributed by atoms with E-state index >= 15 is 0 Å². The smallest absolute Gasteiger partial charge is 0.336 e. The van der Waals surface area contributed by atoms with Gasteiger partial charge in [0, 0.05) is 30.2 Å². The van der Waals surface area contributed by atoms with Gasteiger partial charge in [0.05, 0.1) is 43.8 Å². The van der Waals surface area contributed by atoms with Crippen LogP contribution in [0, 0.1) is 5.92 Å². The molecule has 0 aromatic heterocycles. The number of rotatable bonds is 9. The molecule has 0 saturated carbocycles. The molecule has 1 heterocycles. The average molecular weight is 449 g/mol. The van der Waals surface area contributed by atoms with Crippen molar-refractivity contribution in [2.75, 3.05) is 40.5 Å². The first-order valence-electron chi connectivity index (χ1n) is 10.0. The van der Waals surface area contributed by atoms with Crippen molar-refractivity contribution in [1.29, 1.82) is 0 Å². The van der Waals surface area contributed by atoms with Crippen molar-refractivity contribution in [3.63, 3.8) is 0 Å². The van der Waals surface area contributed by atoms with Gasteiger partial charge in [0.15, 0.2) is 0 Å². The maximum absolute atomic E-state index is 13.0. The quantitative estimate of drug-likeness (QED) is 0.458. The molecule has 1 aromatic rings. The minimum Gasteiger partial charge on any atom is -0.466 e. The normalized spacial score (nSPS) is 16.8. The van der Waals surface area contributed by atoms with Crippen LogP contribution < -0.4 is 5.73 Å². The Morgan fingerprint density at radius 2 is 1.94 bits per heavy atom. The van der Waals surface area contributed by atoms with Gasteiger partial charge in [0.2, 0.25) is 0 Å². The van der Waals surface area contributed by atoms with Crippen molar-refractivity contribution in [3.8, 4) is 0 Å². The second-order valence-electron chi connectivity index (χ2n) is 6.83. The number of halogens is 1. The zero-order valence-electron chi connectivity index (χ0n) is 18.3. The van der Waals surface area contributed by atoms with Crippen LogP contribution in [0.4, 0.5) is 0 Å². The number of hydrogen-bond donors (Lipinski definition) is 1. The zero-order valence-corrected chi connectivity index (χ0v) is 19.1. The predicted molar refractivity (Wildman–Crippen MR) is 120 cm³/mol. The van der Waals surface area contributed by atoms with Crippen molar-refractivity contribution in [3.05, 3.63) is 63.5 Å². The Morgan fingerprint density at radius 3 is 2.55 bits per heavy atom. The average Bonchev–Trinajstić information content (AvgIpc) is 2.76. The lowest BCUT2D eigenvalue weighted by Gasteiger charge is -2.35. The number of allylic oxidation sites excluding steroid dienone is 2. The van der Waals surface area contributed by atoms with Gasteiger partial charge in [-0.15, -0.1) is 0 Å². The van der Waals surface area contributed by atoms with E-state index in [1.54, 1.807) is 44.0 Å². The Bertz CT molecular complexity index is 907. The summed E-state index contributed by atoms with van der Waals surface area (Å²) in [5.74, 6) is -1.75. The summed E-state index contributed by atoms with van der Waals surface area (Å²) < 4.78 is 16.0. The van der Waals surface area contributed by atoms with Crippen LogP contribution in [0.5, 0.6) is 0 Å². The molecule has 0 bridgehead atoms. The summed E-state index contributed by atoms with van der Waals surface area (Å²) >= 11 is 6.28. The van der Waals surface area contributed by atoms with Gasteiger partial charge in [-0.3, -0.25) is 0 Å². The molecule has 1 aromatic carbocycles. The van der Waals surface area contributed by atoms with E-state index in [0.717, 1.165) is 5.56 Å². The lowest BCUT2D eigenvalue weighted by atomic mass is 9.83. The van der Waals surface area contributed by atoms with E-state index in [2.05, 4.69) is 0 Å². The Labute approximate surface area is 188 Å². The SMILES string of the molecule is CCOC(=O)C1=C(COCCN)N(C)C(C)=C(C(=O)OC)C1/C=C/c1ccccc1Cl. The fourth-order valence-corrected chi connectivity index (χ4v) is 3.58. The van der Waals surface area contributed by atoms with E-state index in [1.165, 1.54) is 7.11 Å². The monoisotopic (exact) mass is 448 g/mol. The van der Waals surface area contributed by atoms with Crippen LogP contribution in [0.2, 0.25) is 5.02 Å². The number of ether oxygens (including phenoxy) is 3. The van der Waals surface area contributed by atoms with E-state index in [9.17, 15) is 9.59 Å². The zero-order chi connectivity index (χ0) is 23.0. The fraction of sp³-hybridized carbons (Fsp3) is 0.391. The first-order valence-corrected chi connectivity index (χ1v) is 10.4. The highest BCUT2D eigenvalue weighted by Crippen LogP contribution is 2.37. The molecule has 0 saturated heterocycles. The molecular formula is C23H29ClN2O5. The minimum absolute atomic E-state index is 0.143. The van der Waals surface area contributed by atoms with E-state index < -0.39 is 17.9 Å². The van der Waals surface area contributed by atoms with E-state index in [4.69, 9.17) is 31.5 Å². The van der Waals surface area contributed by atoms with E-state index in [1.807, 2.05) is 18.2 Å². The van der Waals surface area contributed by atoms with Crippen LogP contribution in [0.15, 0.2) is 52.9 Å². The summed E-state index contributed by atoms with van der Waals surface area (Å²) in [4.78, 5) is 27.5. The molecule has 1 unspecified atom stereocenters. The number of carbonyl (C=O) groups excluding carboxylic acids is 2. The molecule has 7 nitrogen and oxygen atoms in total. The van der Waals surface area contributed by atoms with Gasteiger partial charge < -0.3 is 24.8 Å². The molecule has 8 heteroatoms. The maximum Gasteiger partial charge on any atom is 0.336 e. The summed E-state index contributed by atoms with van der Waals surface area (Å²) in [6, 6.07) is 7.31. The number of methoxy groups -OCH3 is 1. The third kappa shape index (κ3) is 5.76. The summed E-state index contributed by atoms with van der Waals surface area (Å²) in [5.41, 5.74) is 8.22. The largest absolute Gasteiger partial charge is 0.466 e. The molecular weight excluding hydrogens is 420 g/mol. The molecule has 0 aliphatic carbocycles. The van der Waals surface area contributed by atoms with Gasteiger partial charge in [-0.2, -0.15) is 0 Å². The molecule has 0 amide bonds. The Kier molecular flexibility index (Phi) is 9.30. The van der Waals surface area contributed by atoms with Crippen molar-refractivity contribution < 1.29 is 23.8 Å². The van der Waals surface area contributed by atoms with Crippen molar-refractivity contribution in [1.82, 2.24) is 4.90 Å². The highest BCUT2D eigenvalue weighted by atomic mass is 35.5. The number of likely N-dealkylation sites (N-methyl/N-ethyl adjacent to an activating group) is 1. The lowest BCUT2D eigenvalue weighted by Crippen LogP contribution is -2.36. The predicted octanol–water partition coefficient (Wildman–Crippen LogP) is 3.15. The Morgan fingerprint density at radius 1 is 1.23 bits per heavy atom. The van der Waals surface area contributed by atoms with Crippen LogP contribution in [0.25, 0.3) is 6.08 Å².